The summed E-state index contributed by atoms with van der Waals surface area (Å²) in [5.41, 5.74) is 4.23. The monoisotopic (exact) mass is 1020 g/mol. The van der Waals surface area contributed by atoms with Crippen LogP contribution in [0.5, 0.6) is 23.0 Å². The van der Waals surface area contributed by atoms with Crippen LogP contribution in [0.4, 0.5) is 8.78 Å². The van der Waals surface area contributed by atoms with Crippen LogP contribution in [0.15, 0.2) is 152 Å². The van der Waals surface area contributed by atoms with E-state index >= 15 is 0 Å². The Morgan fingerprint density at radius 3 is 1.36 bits per heavy atom. The van der Waals surface area contributed by atoms with Gasteiger partial charge in [-0.2, -0.15) is 4.31 Å². The molecule has 0 heterocycles. The predicted molar refractivity (Wildman–Crippen MR) is 241 cm³/mol. The molecular weight excluding hydrogens is 980 g/mol. The largest absolute Gasteiger partial charge is 0.497 e. The number of hydrogen-bond donors (Lipinski definition) is 0. The average molecular weight is 1020 g/mol. The van der Waals surface area contributed by atoms with E-state index in [1.165, 1.54) is 29.0 Å². The summed E-state index contributed by atoms with van der Waals surface area (Å²) in [7, 11) is 2.30. The third-order valence-electron chi connectivity index (χ3n) is 8.66. The average Bonchev–Trinajstić information content (AvgIpc) is 3.24. The maximum atomic E-state index is 13.1. The Morgan fingerprint density at radius 2 is 0.967 bits per heavy atom. The fraction of sp³-hybridized carbons (Fsp3) is 0.200. The van der Waals surface area contributed by atoms with Crippen molar-refractivity contribution in [2.75, 3.05) is 21.3 Å². The summed E-state index contributed by atoms with van der Waals surface area (Å²) in [5, 5.41) is 0. The van der Waals surface area contributed by atoms with Gasteiger partial charge >= 0.3 is 0 Å². The van der Waals surface area contributed by atoms with Gasteiger partial charge in [-0.25, -0.2) is 25.6 Å². The van der Waals surface area contributed by atoms with Crippen molar-refractivity contribution in [3.05, 3.63) is 176 Å². The van der Waals surface area contributed by atoms with Gasteiger partial charge in [-0.15, -0.1) is 0 Å². The molecule has 61 heavy (non-hydrogen) atoms. The fourth-order valence-corrected chi connectivity index (χ4v) is 8.37. The molecule has 6 rings (SSSR count). The SMILES string of the molecule is CCCc1ccc(OCc2ccc(OC)cc2)c(Br)c1.COc1ccc(COc2ccc(CN(C)S(=O)(=O)c3ccc(F)cc3)cc2Br)cc1.O=S(=O)(Cl)c1ccc(F)cc1. The summed E-state index contributed by atoms with van der Waals surface area (Å²) in [6.45, 7) is 3.29. The van der Waals surface area contributed by atoms with Gasteiger partial charge in [-0.3, -0.25) is 0 Å². The summed E-state index contributed by atoms with van der Waals surface area (Å²) < 4.78 is 96.7. The molecule has 16 heteroatoms. The number of hydrogen-bond acceptors (Lipinski definition) is 8. The van der Waals surface area contributed by atoms with Crippen molar-refractivity contribution in [2.24, 2.45) is 0 Å². The summed E-state index contributed by atoms with van der Waals surface area (Å²) in [6, 6.07) is 36.3. The van der Waals surface area contributed by atoms with Gasteiger partial charge in [0.25, 0.3) is 9.05 Å². The van der Waals surface area contributed by atoms with Gasteiger partial charge in [0.1, 0.15) is 47.8 Å². The molecule has 0 N–H and O–H groups in total. The van der Waals surface area contributed by atoms with Crippen LogP contribution in [0.25, 0.3) is 0 Å². The van der Waals surface area contributed by atoms with Crippen LogP contribution in [0.3, 0.4) is 0 Å². The zero-order valence-corrected chi connectivity index (χ0v) is 39.2. The third kappa shape index (κ3) is 15.7. The lowest BCUT2D eigenvalue weighted by atomic mass is 10.1. The molecule has 0 amide bonds. The zero-order chi connectivity index (χ0) is 44.6. The molecule has 0 radical (unpaired) electrons. The maximum Gasteiger partial charge on any atom is 0.261 e. The Hall–Kier alpha value is -4.51. The highest BCUT2D eigenvalue weighted by atomic mass is 79.9. The lowest BCUT2D eigenvalue weighted by Crippen LogP contribution is -2.26. The summed E-state index contributed by atoms with van der Waals surface area (Å²) >= 11 is 7.05. The van der Waals surface area contributed by atoms with Gasteiger partial charge in [0.2, 0.25) is 10.0 Å². The van der Waals surface area contributed by atoms with Gasteiger partial charge in [0, 0.05) is 24.3 Å². The Balaban J connectivity index is 0.000000226. The lowest BCUT2D eigenvalue weighted by molar-refractivity contribution is 0.303. The number of halogens is 5. The predicted octanol–water partition coefficient (Wildman–Crippen LogP) is 11.7. The van der Waals surface area contributed by atoms with Crippen LogP contribution < -0.4 is 18.9 Å². The minimum atomic E-state index is -3.72. The first-order chi connectivity index (χ1) is 29.0. The number of aryl methyl sites for hydroxylation is 1. The second-order valence-corrected chi connectivity index (χ2v) is 19.5. The van der Waals surface area contributed by atoms with E-state index in [0.717, 1.165) is 92.1 Å². The number of methoxy groups -OCH3 is 2. The van der Waals surface area contributed by atoms with Crippen LogP contribution >= 0.6 is 42.5 Å². The minimum Gasteiger partial charge on any atom is -0.497 e. The summed E-state index contributed by atoms with van der Waals surface area (Å²) in [6.07, 6.45) is 2.25. The van der Waals surface area contributed by atoms with Crippen LogP contribution in [0.2, 0.25) is 0 Å². The molecule has 0 saturated heterocycles. The molecule has 0 spiro atoms. The molecular formula is C45H44Br2ClF2NO8S2. The van der Waals surface area contributed by atoms with E-state index in [2.05, 4.69) is 50.9 Å². The van der Waals surface area contributed by atoms with Crippen molar-refractivity contribution in [2.45, 2.75) is 49.3 Å². The van der Waals surface area contributed by atoms with Crippen LogP contribution in [-0.4, -0.2) is 42.4 Å². The molecule has 0 aliphatic heterocycles. The first-order valence-corrected chi connectivity index (χ1v) is 23.9. The molecule has 0 aliphatic carbocycles. The molecule has 0 saturated carbocycles. The highest BCUT2D eigenvalue weighted by Gasteiger charge is 2.21. The molecule has 0 unspecified atom stereocenters. The van der Waals surface area contributed by atoms with E-state index in [4.69, 9.17) is 29.6 Å². The second kappa shape index (κ2) is 23.6. The number of benzene rings is 6. The van der Waals surface area contributed by atoms with Crippen molar-refractivity contribution in [3.8, 4) is 23.0 Å². The highest BCUT2D eigenvalue weighted by molar-refractivity contribution is 9.11. The van der Waals surface area contributed by atoms with Crippen LogP contribution in [0.1, 0.15) is 35.6 Å². The molecule has 9 nitrogen and oxygen atoms in total. The maximum absolute atomic E-state index is 13.1. The summed E-state index contributed by atoms with van der Waals surface area (Å²) in [5.74, 6) is 2.20. The number of sulfonamides is 1. The van der Waals surface area contributed by atoms with Gasteiger partial charge in [0.15, 0.2) is 0 Å². The minimum absolute atomic E-state index is 0.0462. The molecule has 0 aromatic heterocycles. The normalized spacial score (nSPS) is 11.1. The first-order valence-electron chi connectivity index (χ1n) is 18.5. The number of rotatable bonds is 15. The van der Waals surface area contributed by atoms with Gasteiger partial charge in [-0.1, -0.05) is 49.7 Å². The molecule has 0 aliphatic rings. The topological polar surface area (TPSA) is 108 Å². The summed E-state index contributed by atoms with van der Waals surface area (Å²) in [4.78, 5) is -0.0505. The van der Waals surface area contributed by atoms with Gasteiger partial charge in [0.05, 0.1) is 33.0 Å². The molecule has 324 valence electrons. The fourth-order valence-electron chi connectivity index (χ4n) is 5.36. The molecule has 0 bridgehead atoms. The standard InChI is InChI=1S/C22H21BrFNO4S.C17H19BrO2.C6H4ClFO2S/c1-25(30(26,27)20-10-6-18(24)7-11-20)14-17-5-12-22(21(23)13-17)29-15-16-3-8-19(28-2)9-4-16;1-3-4-13-7-10-17(16(18)11-13)20-12-14-5-8-15(19-2)9-6-14;7-11(9,10)6-3-1-5(8)2-4-6/h3-13H,14-15H2,1-2H3;5-11H,3-4,12H2,1-2H3;1-4H. The molecule has 6 aromatic rings. The van der Waals surface area contributed by atoms with Gasteiger partial charge in [-0.05, 0) is 158 Å². The quantitative estimate of drug-likeness (QED) is 0.0936. The van der Waals surface area contributed by atoms with Crippen molar-refractivity contribution in [1.82, 2.24) is 4.31 Å². The van der Waals surface area contributed by atoms with E-state index in [9.17, 15) is 25.6 Å². The smallest absolute Gasteiger partial charge is 0.261 e. The molecule has 6 aromatic carbocycles. The van der Waals surface area contributed by atoms with E-state index < -0.39 is 30.7 Å². The Kier molecular flexibility index (Phi) is 19.0. The van der Waals surface area contributed by atoms with Crippen molar-refractivity contribution < 1.29 is 44.6 Å². The van der Waals surface area contributed by atoms with E-state index in [-0.39, 0.29) is 16.3 Å². The molecule has 0 fully saturated rings. The van der Waals surface area contributed by atoms with Gasteiger partial charge < -0.3 is 18.9 Å². The van der Waals surface area contributed by atoms with E-state index in [1.807, 2.05) is 66.7 Å². The Bertz CT molecular complexity index is 2530. The van der Waals surface area contributed by atoms with Crippen molar-refractivity contribution in [1.29, 1.82) is 0 Å². The third-order valence-corrected chi connectivity index (χ3v) is 13.1. The highest BCUT2D eigenvalue weighted by Crippen LogP contribution is 2.29. The van der Waals surface area contributed by atoms with Crippen LogP contribution in [0, 0.1) is 11.6 Å². The first kappa shape index (κ1) is 49.1. The zero-order valence-electron chi connectivity index (χ0n) is 33.7. The van der Waals surface area contributed by atoms with E-state index in [1.54, 1.807) is 20.3 Å². The Labute approximate surface area is 377 Å². The number of ether oxygens (including phenoxy) is 4. The lowest BCUT2D eigenvalue weighted by Gasteiger charge is -2.18. The number of nitrogens with zero attached hydrogens (tertiary/aromatic N) is 1. The van der Waals surface area contributed by atoms with Crippen molar-refractivity contribution >= 4 is 61.6 Å². The second-order valence-electron chi connectivity index (χ2n) is 13.2. The van der Waals surface area contributed by atoms with Crippen LogP contribution in [-0.2, 0) is 45.3 Å². The molecule has 0 atom stereocenters. The van der Waals surface area contributed by atoms with Crippen molar-refractivity contribution in [3.63, 3.8) is 0 Å². The van der Waals surface area contributed by atoms with E-state index in [0.29, 0.717) is 19.0 Å². The Morgan fingerprint density at radius 1 is 0.574 bits per heavy atom.